The fourth-order valence-electron chi connectivity index (χ4n) is 2.77. The highest BCUT2D eigenvalue weighted by Crippen LogP contribution is 2.32. The van der Waals surface area contributed by atoms with E-state index in [0.29, 0.717) is 25.6 Å². The first-order chi connectivity index (χ1) is 12.5. The molecule has 152 valence electrons. The minimum atomic E-state index is -4.53. The topological polar surface area (TPSA) is 91.4 Å². The van der Waals surface area contributed by atoms with Crippen LogP contribution in [0.1, 0.15) is 24.8 Å². The van der Waals surface area contributed by atoms with E-state index in [1.165, 1.54) is 4.31 Å². The maximum atomic E-state index is 12.6. The van der Waals surface area contributed by atoms with E-state index in [2.05, 4.69) is 15.6 Å². The molecule has 2 N–H and O–H groups in total. The summed E-state index contributed by atoms with van der Waals surface area (Å²) >= 11 is 5.78. The Morgan fingerprint density at radius 2 is 2.07 bits per heavy atom. The van der Waals surface area contributed by atoms with E-state index < -0.39 is 33.7 Å². The molecule has 0 aliphatic carbocycles. The number of carbonyl (C=O) groups excluding carboxylic acids is 1. The molecule has 0 unspecified atom stereocenters. The minimum Gasteiger partial charge on any atom is -0.367 e. The second-order valence-corrected chi connectivity index (χ2v) is 8.50. The van der Waals surface area contributed by atoms with Crippen LogP contribution in [0.15, 0.2) is 12.3 Å². The molecule has 2 rings (SSSR count). The van der Waals surface area contributed by atoms with E-state index in [1.54, 1.807) is 0 Å². The molecule has 1 aromatic rings. The normalized spacial score (nSPS) is 18.9. The van der Waals surface area contributed by atoms with Gasteiger partial charge < -0.3 is 10.6 Å². The van der Waals surface area contributed by atoms with Crippen LogP contribution in [0.5, 0.6) is 0 Å². The highest BCUT2D eigenvalue weighted by Gasteiger charge is 2.34. The Balaban J connectivity index is 1.87. The SMILES string of the molecule is CS(=O)(=O)N1CCCC[C@H]1C(=O)NCCNc1ncc(C(F)(F)F)cc1Cl. The highest BCUT2D eigenvalue weighted by molar-refractivity contribution is 7.88. The lowest BCUT2D eigenvalue weighted by Crippen LogP contribution is -2.52. The van der Waals surface area contributed by atoms with Gasteiger partial charge in [0.25, 0.3) is 0 Å². The fraction of sp³-hybridized carbons (Fsp3) is 0.600. The standard InChI is InChI=1S/C15H20ClF3N4O3S/c1-27(25,26)23-7-3-2-4-12(23)14(24)21-6-5-20-13-11(16)8-10(9-22-13)15(17,18)19/h8-9,12H,2-7H2,1H3,(H,20,22)(H,21,24)/t12-/m0/s1. The predicted octanol–water partition coefficient (Wildman–Crippen LogP) is 2.10. The van der Waals surface area contributed by atoms with Gasteiger partial charge in [-0.05, 0) is 18.9 Å². The van der Waals surface area contributed by atoms with Crippen LogP contribution in [0.2, 0.25) is 5.02 Å². The molecule has 0 spiro atoms. The van der Waals surface area contributed by atoms with E-state index in [9.17, 15) is 26.4 Å². The van der Waals surface area contributed by atoms with E-state index in [-0.39, 0.29) is 23.9 Å². The van der Waals surface area contributed by atoms with E-state index in [0.717, 1.165) is 18.7 Å². The second kappa shape index (κ2) is 8.61. The molecule has 1 aliphatic rings. The Morgan fingerprint density at radius 3 is 2.67 bits per heavy atom. The van der Waals surface area contributed by atoms with Crippen molar-refractivity contribution in [3.05, 3.63) is 22.8 Å². The number of halogens is 4. The molecule has 27 heavy (non-hydrogen) atoms. The van der Waals surface area contributed by atoms with Crippen LogP contribution in [-0.4, -0.2) is 55.5 Å². The number of pyridine rings is 1. The molecular weight excluding hydrogens is 409 g/mol. The molecule has 1 aromatic heterocycles. The molecule has 12 heteroatoms. The number of sulfonamides is 1. The zero-order chi connectivity index (χ0) is 20.2. The van der Waals surface area contributed by atoms with Crippen LogP contribution in [0.3, 0.4) is 0 Å². The average molecular weight is 429 g/mol. The second-order valence-electron chi connectivity index (χ2n) is 6.16. The Labute approximate surface area is 160 Å². The largest absolute Gasteiger partial charge is 0.417 e. The number of hydrogen-bond acceptors (Lipinski definition) is 5. The molecule has 1 aliphatic heterocycles. The third-order valence-corrected chi connectivity index (χ3v) is 5.64. The lowest BCUT2D eigenvalue weighted by molar-refractivity contribution is -0.137. The average Bonchev–Trinajstić information content (AvgIpc) is 2.58. The van der Waals surface area contributed by atoms with Crippen molar-refractivity contribution < 1.29 is 26.4 Å². The van der Waals surface area contributed by atoms with Gasteiger partial charge in [-0.1, -0.05) is 18.0 Å². The molecule has 1 saturated heterocycles. The Bertz CT molecular complexity index is 789. The number of nitrogens with zero attached hydrogens (tertiary/aromatic N) is 2. The van der Waals surface area contributed by atoms with Gasteiger partial charge in [-0.3, -0.25) is 4.79 Å². The third kappa shape index (κ3) is 5.94. The van der Waals surface area contributed by atoms with Crippen molar-refractivity contribution in [1.29, 1.82) is 0 Å². The number of amides is 1. The smallest absolute Gasteiger partial charge is 0.367 e. The summed E-state index contributed by atoms with van der Waals surface area (Å²) in [5.41, 5.74) is -0.954. The quantitative estimate of drug-likeness (QED) is 0.677. The van der Waals surface area contributed by atoms with Crippen molar-refractivity contribution in [2.24, 2.45) is 0 Å². The summed E-state index contributed by atoms with van der Waals surface area (Å²) < 4.78 is 62.5. The zero-order valence-corrected chi connectivity index (χ0v) is 16.1. The maximum absolute atomic E-state index is 12.6. The molecule has 1 amide bonds. The summed E-state index contributed by atoms with van der Waals surface area (Å²) in [7, 11) is -3.48. The maximum Gasteiger partial charge on any atom is 0.417 e. The van der Waals surface area contributed by atoms with Crippen LogP contribution in [0, 0.1) is 0 Å². The van der Waals surface area contributed by atoms with Gasteiger partial charge in [0, 0.05) is 25.8 Å². The van der Waals surface area contributed by atoms with E-state index >= 15 is 0 Å². The van der Waals surface area contributed by atoms with Crippen LogP contribution < -0.4 is 10.6 Å². The van der Waals surface area contributed by atoms with Gasteiger partial charge in [0.05, 0.1) is 16.8 Å². The number of aromatic nitrogens is 1. The third-order valence-electron chi connectivity index (χ3n) is 4.07. The molecule has 0 aromatic carbocycles. The van der Waals surface area contributed by atoms with Crippen LogP contribution in [0.4, 0.5) is 19.0 Å². The molecule has 2 heterocycles. The van der Waals surface area contributed by atoms with Crippen molar-refractivity contribution in [1.82, 2.24) is 14.6 Å². The number of piperidine rings is 1. The highest BCUT2D eigenvalue weighted by atomic mass is 35.5. The van der Waals surface area contributed by atoms with Gasteiger partial charge in [-0.25, -0.2) is 13.4 Å². The number of nitrogens with one attached hydrogen (secondary N) is 2. The minimum absolute atomic E-state index is 0.0642. The molecule has 0 radical (unpaired) electrons. The summed E-state index contributed by atoms with van der Waals surface area (Å²) in [6.07, 6.45) is -0.894. The van der Waals surface area contributed by atoms with Gasteiger partial charge in [-0.2, -0.15) is 17.5 Å². The van der Waals surface area contributed by atoms with E-state index in [4.69, 9.17) is 11.6 Å². The van der Waals surface area contributed by atoms with Gasteiger partial charge >= 0.3 is 6.18 Å². The number of carbonyl (C=O) groups is 1. The van der Waals surface area contributed by atoms with Crippen molar-refractivity contribution in [2.75, 3.05) is 31.2 Å². The molecule has 1 fully saturated rings. The van der Waals surface area contributed by atoms with E-state index in [1.807, 2.05) is 0 Å². The Kier molecular flexibility index (Phi) is 6.92. The number of anilines is 1. The molecular formula is C15H20ClF3N4O3S. The number of hydrogen-bond donors (Lipinski definition) is 2. The van der Waals surface area contributed by atoms with Crippen molar-refractivity contribution >= 4 is 33.3 Å². The first-order valence-corrected chi connectivity index (χ1v) is 10.4. The van der Waals surface area contributed by atoms with Crippen molar-refractivity contribution in [2.45, 2.75) is 31.5 Å². The van der Waals surface area contributed by atoms with Crippen LogP contribution in [-0.2, 0) is 21.0 Å². The van der Waals surface area contributed by atoms with Gasteiger partial charge in [0.15, 0.2) is 0 Å². The Morgan fingerprint density at radius 1 is 1.37 bits per heavy atom. The summed E-state index contributed by atoms with van der Waals surface area (Å²) in [5, 5.41) is 5.17. The lowest BCUT2D eigenvalue weighted by atomic mass is 10.0. The zero-order valence-electron chi connectivity index (χ0n) is 14.5. The van der Waals surface area contributed by atoms with Crippen LogP contribution in [0.25, 0.3) is 0 Å². The molecule has 0 bridgehead atoms. The Hall–Kier alpha value is -1.59. The summed E-state index contributed by atoms with van der Waals surface area (Å²) in [6.45, 7) is 0.599. The van der Waals surface area contributed by atoms with Gasteiger partial charge in [0.2, 0.25) is 15.9 Å². The van der Waals surface area contributed by atoms with Crippen molar-refractivity contribution in [3.63, 3.8) is 0 Å². The molecule has 7 nitrogen and oxygen atoms in total. The predicted molar refractivity (Wildman–Crippen MR) is 94.9 cm³/mol. The van der Waals surface area contributed by atoms with Crippen molar-refractivity contribution in [3.8, 4) is 0 Å². The molecule has 0 saturated carbocycles. The number of alkyl halides is 3. The van der Waals surface area contributed by atoms with Crippen LogP contribution >= 0.6 is 11.6 Å². The lowest BCUT2D eigenvalue weighted by Gasteiger charge is -2.32. The monoisotopic (exact) mass is 428 g/mol. The summed E-state index contributed by atoms with van der Waals surface area (Å²) in [4.78, 5) is 15.9. The fourth-order valence-corrected chi connectivity index (χ4v) is 4.13. The first-order valence-electron chi connectivity index (χ1n) is 8.21. The van der Waals surface area contributed by atoms with Gasteiger partial charge in [0.1, 0.15) is 11.9 Å². The summed E-state index contributed by atoms with van der Waals surface area (Å²) in [6, 6.07) is 0.0168. The van der Waals surface area contributed by atoms with Gasteiger partial charge in [-0.15, -0.1) is 0 Å². The number of rotatable bonds is 6. The molecule has 1 atom stereocenters. The summed E-state index contributed by atoms with van der Waals surface area (Å²) in [5.74, 6) is -0.345. The first kappa shape index (κ1) is 21.7.